The van der Waals surface area contributed by atoms with E-state index < -0.39 is 0 Å². The van der Waals surface area contributed by atoms with Crippen molar-refractivity contribution in [3.63, 3.8) is 0 Å². The summed E-state index contributed by atoms with van der Waals surface area (Å²) in [5, 5.41) is 0. The lowest BCUT2D eigenvalue weighted by atomic mass is 9.45. The minimum Gasteiger partial charge on any atom is -0.458 e. The van der Waals surface area contributed by atoms with Gasteiger partial charge >= 0.3 is 5.97 Å². The van der Waals surface area contributed by atoms with Crippen LogP contribution >= 0.6 is 0 Å². The van der Waals surface area contributed by atoms with Gasteiger partial charge in [-0.3, -0.25) is 0 Å². The Morgan fingerprint density at radius 1 is 0.973 bits per heavy atom. The highest BCUT2D eigenvalue weighted by Gasteiger charge is 2.60. The van der Waals surface area contributed by atoms with Crippen LogP contribution in [0.25, 0.3) is 0 Å². The highest BCUT2D eigenvalue weighted by Crippen LogP contribution is 2.68. The Kier molecular flexibility index (Phi) is 7.69. The van der Waals surface area contributed by atoms with Crippen molar-refractivity contribution in [1.82, 2.24) is 0 Å². The molecule has 9 atom stereocenters. The first-order chi connectivity index (χ1) is 17.6. The van der Waals surface area contributed by atoms with Crippen molar-refractivity contribution in [3.8, 4) is 0 Å². The molecule has 0 bridgehead atoms. The molecule has 0 saturated heterocycles. The van der Waals surface area contributed by atoms with E-state index in [0.29, 0.717) is 16.9 Å². The molecule has 0 aliphatic heterocycles. The van der Waals surface area contributed by atoms with E-state index in [1.807, 2.05) is 30.3 Å². The zero-order chi connectivity index (χ0) is 26.4. The van der Waals surface area contributed by atoms with Crippen molar-refractivity contribution in [2.45, 2.75) is 112 Å². The van der Waals surface area contributed by atoms with Gasteiger partial charge in [0.1, 0.15) is 6.10 Å². The van der Waals surface area contributed by atoms with Crippen LogP contribution in [0.15, 0.2) is 42.0 Å². The third-order valence-corrected chi connectivity index (χ3v) is 11.9. The van der Waals surface area contributed by atoms with Gasteiger partial charge in [0, 0.05) is 6.42 Å². The molecule has 0 spiro atoms. The fourth-order valence-electron chi connectivity index (χ4n) is 9.90. The predicted molar refractivity (Wildman–Crippen MR) is 153 cm³/mol. The standard InChI is InChI=1S/C35H52O2/c1-23(2)11-10-12-24(3)29-15-16-30-32-25(4)21-27-22-28(37-33(36)26-13-8-7-9-14-26)17-19-34(27,5)31(32)18-20-35(29,30)6/h7-9,13-14,21,23-25,28-32H,10-12,15-20,22H2,1-6H3/t24-,25+,28-,29+,30-,31-,32-,34-,35+/m0/s1. The van der Waals surface area contributed by atoms with Gasteiger partial charge in [0.05, 0.1) is 5.56 Å². The van der Waals surface area contributed by atoms with E-state index in [2.05, 4.69) is 47.6 Å². The zero-order valence-corrected chi connectivity index (χ0v) is 24.5. The van der Waals surface area contributed by atoms with Crippen molar-refractivity contribution < 1.29 is 9.53 Å². The second-order valence-corrected chi connectivity index (χ2v) is 14.4. The minimum atomic E-state index is -0.163. The van der Waals surface area contributed by atoms with Crippen LogP contribution in [-0.2, 0) is 4.74 Å². The molecule has 37 heavy (non-hydrogen) atoms. The van der Waals surface area contributed by atoms with Crippen molar-refractivity contribution in [3.05, 3.63) is 47.5 Å². The van der Waals surface area contributed by atoms with Crippen molar-refractivity contribution >= 4 is 5.97 Å². The second-order valence-electron chi connectivity index (χ2n) is 14.4. The van der Waals surface area contributed by atoms with E-state index in [0.717, 1.165) is 54.8 Å². The molecule has 0 N–H and O–H groups in total. The third kappa shape index (κ3) is 4.96. The summed E-state index contributed by atoms with van der Waals surface area (Å²) in [4.78, 5) is 12.7. The van der Waals surface area contributed by atoms with Crippen molar-refractivity contribution in [2.75, 3.05) is 0 Å². The summed E-state index contributed by atoms with van der Waals surface area (Å²) in [6, 6.07) is 9.50. The van der Waals surface area contributed by atoms with Crippen LogP contribution in [0.5, 0.6) is 0 Å². The molecule has 3 fully saturated rings. The number of rotatable bonds is 7. The van der Waals surface area contributed by atoms with E-state index in [4.69, 9.17) is 4.74 Å². The molecule has 0 radical (unpaired) electrons. The van der Waals surface area contributed by atoms with Crippen molar-refractivity contribution in [1.29, 1.82) is 0 Å². The maximum Gasteiger partial charge on any atom is 0.338 e. The molecule has 2 heteroatoms. The number of hydrogen-bond acceptors (Lipinski definition) is 2. The molecular weight excluding hydrogens is 452 g/mol. The first kappa shape index (κ1) is 27.0. The number of carbonyl (C=O) groups is 1. The average molecular weight is 505 g/mol. The summed E-state index contributed by atoms with van der Waals surface area (Å²) in [7, 11) is 0. The van der Waals surface area contributed by atoms with Crippen LogP contribution in [0.2, 0.25) is 0 Å². The molecule has 0 aromatic heterocycles. The van der Waals surface area contributed by atoms with Crippen LogP contribution in [-0.4, -0.2) is 12.1 Å². The molecule has 5 rings (SSSR count). The summed E-state index contributed by atoms with van der Waals surface area (Å²) in [5.41, 5.74) is 3.08. The fraction of sp³-hybridized carbons (Fsp3) is 0.743. The van der Waals surface area contributed by atoms with Gasteiger partial charge in [-0.05, 0) is 103 Å². The monoisotopic (exact) mass is 504 g/mol. The van der Waals surface area contributed by atoms with E-state index >= 15 is 0 Å². The summed E-state index contributed by atoms with van der Waals surface area (Å²) < 4.78 is 6.04. The minimum absolute atomic E-state index is 0.0205. The maximum atomic E-state index is 12.7. The first-order valence-electron chi connectivity index (χ1n) is 15.6. The number of allylic oxidation sites excluding steroid dienone is 1. The lowest BCUT2D eigenvalue weighted by molar-refractivity contribution is -0.0745. The van der Waals surface area contributed by atoms with Gasteiger partial charge in [0.25, 0.3) is 0 Å². The Morgan fingerprint density at radius 2 is 1.73 bits per heavy atom. The Morgan fingerprint density at radius 3 is 2.46 bits per heavy atom. The zero-order valence-electron chi connectivity index (χ0n) is 24.5. The number of ether oxygens (including phenoxy) is 1. The van der Waals surface area contributed by atoms with E-state index in [9.17, 15) is 4.79 Å². The molecule has 3 saturated carbocycles. The van der Waals surface area contributed by atoms with Gasteiger partial charge in [0.15, 0.2) is 0 Å². The highest BCUT2D eigenvalue weighted by molar-refractivity contribution is 5.89. The van der Waals surface area contributed by atoms with Gasteiger partial charge in [-0.2, -0.15) is 0 Å². The molecule has 1 aromatic rings. The van der Waals surface area contributed by atoms with Crippen LogP contribution in [0.3, 0.4) is 0 Å². The third-order valence-electron chi connectivity index (χ3n) is 11.9. The normalized spacial score (nSPS) is 39.8. The smallest absolute Gasteiger partial charge is 0.338 e. The summed E-state index contributed by atoms with van der Waals surface area (Å²) in [5.74, 6) is 5.56. The largest absolute Gasteiger partial charge is 0.458 e. The fourth-order valence-corrected chi connectivity index (χ4v) is 9.90. The van der Waals surface area contributed by atoms with Gasteiger partial charge < -0.3 is 4.74 Å². The lowest BCUT2D eigenvalue weighted by Crippen LogP contribution is -2.53. The van der Waals surface area contributed by atoms with Crippen molar-refractivity contribution in [2.24, 2.45) is 52.3 Å². The average Bonchev–Trinajstić information content (AvgIpc) is 3.22. The maximum absolute atomic E-state index is 12.7. The Balaban J connectivity index is 1.29. The van der Waals surface area contributed by atoms with Gasteiger partial charge in [0.2, 0.25) is 0 Å². The summed E-state index contributed by atoms with van der Waals surface area (Å²) >= 11 is 0. The molecule has 2 nitrogen and oxygen atoms in total. The van der Waals surface area contributed by atoms with Gasteiger partial charge in [-0.15, -0.1) is 0 Å². The van der Waals surface area contributed by atoms with Crippen LogP contribution in [0, 0.1) is 52.3 Å². The molecular formula is C35H52O2. The van der Waals surface area contributed by atoms with Crippen LogP contribution < -0.4 is 0 Å². The van der Waals surface area contributed by atoms with E-state index in [1.165, 1.54) is 44.9 Å². The molecule has 0 unspecified atom stereocenters. The lowest BCUT2D eigenvalue weighted by Gasteiger charge is -2.60. The van der Waals surface area contributed by atoms with Gasteiger partial charge in [-0.1, -0.05) is 90.7 Å². The number of fused-ring (bicyclic) bond motifs is 5. The summed E-state index contributed by atoms with van der Waals surface area (Å²) in [6.07, 6.45) is 15.7. The quantitative estimate of drug-likeness (QED) is 0.273. The Hall–Kier alpha value is -1.57. The highest BCUT2D eigenvalue weighted by atomic mass is 16.5. The predicted octanol–water partition coefficient (Wildman–Crippen LogP) is 9.50. The molecule has 4 aliphatic carbocycles. The molecule has 204 valence electrons. The molecule has 4 aliphatic rings. The number of carbonyl (C=O) groups excluding carboxylic acids is 1. The van der Waals surface area contributed by atoms with E-state index in [-0.39, 0.29) is 17.5 Å². The van der Waals surface area contributed by atoms with Gasteiger partial charge in [-0.25, -0.2) is 4.79 Å². The Bertz CT molecular complexity index is 978. The Labute approximate surface area is 227 Å². The molecule has 0 heterocycles. The SMILES string of the molecule is CC(C)CCC[C@H](C)[C@H]1CC[C@H]2[C@@H]3[C@H](C)C=C4C[C@@H](OC(=O)c5ccccc5)CC[C@]4(C)[C@H]3CC[C@]12C. The first-order valence-corrected chi connectivity index (χ1v) is 15.6. The molecule has 1 aromatic carbocycles. The number of hydrogen-bond donors (Lipinski definition) is 0. The number of benzene rings is 1. The van der Waals surface area contributed by atoms with Crippen LogP contribution in [0.1, 0.15) is 116 Å². The topological polar surface area (TPSA) is 26.3 Å². The molecule has 0 amide bonds. The summed E-state index contributed by atoms with van der Waals surface area (Å²) in [6.45, 7) is 15.1. The van der Waals surface area contributed by atoms with E-state index in [1.54, 1.807) is 5.57 Å². The number of esters is 1. The van der Waals surface area contributed by atoms with Crippen LogP contribution in [0.4, 0.5) is 0 Å². The second kappa shape index (κ2) is 10.5.